The molecule has 92 valence electrons. The summed E-state index contributed by atoms with van der Waals surface area (Å²) in [5, 5.41) is 0. The zero-order valence-electron chi connectivity index (χ0n) is 10.00. The minimum absolute atomic E-state index is 0.241. The molecule has 0 unspecified atom stereocenters. The van der Waals surface area contributed by atoms with Gasteiger partial charge in [-0.2, -0.15) is 0 Å². The summed E-state index contributed by atoms with van der Waals surface area (Å²) in [5.74, 6) is -0.740. The topological polar surface area (TPSA) is 48.3 Å². The quantitative estimate of drug-likeness (QED) is 0.777. The molecule has 0 bridgehead atoms. The first-order chi connectivity index (χ1) is 8.74. The molecule has 1 aromatic carbocycles. The predicted octanol–water partition coefficient (Wildman–Crippen LogP) is 2.35. The molecule has 18 heavy (non-hydrogen) atoms. The molecule has 2 rings (SSSR count). The molecule has 0 spiro atoms. The Morgan fingerprint density at radius 2 is 1.83 bits per heavy atom. The predicted molar refractivity (Wildman–Crippen MR) is 66.6 cm³/mol. The lowest BCUT2D eigenvalue weighted by molar-refractivity contribution is 0.0510. The summed E-state index contributed by atoms with van der Waals surface area (Å²) >= 11 is 0. The number of carbonyl (C=O) groups excluding carboxylic acids is 2. The van der Waals surface area contributed by atoms with Crippen molar-refractivity contribution in [2.24, 2.45) is 0 Å². The number of benzene rings is 1. The van der Waals surface area contributed by atoms with Gasteiger partial charge in [0.1, 0.15) is 5.69 Å². The SMILES string of the molecule is CCOC(=O)c1cccn1C(=O)c1ccccc1. The molecule has 0 N–H and O–H groups in total. The molecule has 4 nitrogen and oxygen atoms in total. The fourth-order valence-corrected chi connectivity index (χ4v) is 1.65. The van der Waals surface area contributed by atoms with Gasteiger partial charge in [0, 0.05) is 11.8 Å². The minimum Gasteiger partial charge on any atom is -0.461 e. The number of rotatable bonds is 3. The van der Waals surface area contributed by atoms with Crippen LogP contribution in [-0.4, -0.2) is 23.1 Å². The fourth-order valence-electron chi connectivity index (χ4n) is 1.65. The summed E-state index contributed by atoms with van der Waals surface area (Å²) in [5.41, 5.74) is 0.768. The Balaban J connectivity index is 2.32. The van der Waals surface area contributed by atoms with E-state index in [-0.39, 0.29) is 18.2 Å². The highest BCUT2D eigenvalue weighted by atomic mass is 16.5. The van der Waals surface area contributed by atoms with E-state index in [9.17, 15) is 9.59 Å². The number of hydrogen-bond donors (Lipinski definition) is 0. The largest absolute Gasteiger partial charge is 0.461 e. The van der Waals surface area contributed by atoms with Crippen LogP contribution in [0.1, 0.15) is 27.8 Å². The molecule has 0 aliphatic carbocycles. The second kappa shape index (κ2) is 5.31. The highest BCUT2D eigenvalue weighted by Crippen LogP contribution is 2.09. The van der Waals surface area contributed by atoms with Gasteiger partial charge in [0.05, 0.1) is 6.61 Å². The van der Waals surface area contributed by atoms with Crippen LogP contribution in [0.15, 0.2) is 48.7 Å². The van der Waals surface area contributed by atoms with Crippen LogP contribution in [-0.2, 0) is 4.74 Å². The molecular formula is C14H13NO3. The maximum absolute atomic E-state index is 12.2. The number of hydrogen-bond acceptors (Lipinski definition) is 3. The van der Waals surface area contributed by atoms with Crippen LogP contribution < -0.4 is 0 Å². The molecule has 0 fully saturated rings. The Bertz CT molecular complexity index is 557. The number of aromatic nitrogens is 1. The van der Waals surface area contributed by atoms with Gasteiger partial charge in [-0.25, -0.2) is 4.79 Å². The van der Waals surface area contributed by atoms with Crippen molar-refractivity contribution in [3.8, 4) is 0 Å². The third kappa shape index (κ3) is 2.32. The van der Waals surface area contributed by atoms with Crippen molar-refractivity contribution < 1.29 is 14.3 Å². The molecule has 2 aromatic rings. The van der Waals surface area contributed by atoms with E-state index in [0.717, 1.165) is 0 Å². The first-order valence-corrected chi connectivity index (χ1v) is 5.68. The second-order valence-corrected chi connectivity index (χ2v) is 3.66. The molecule has 0 saturated heterocycles. The monoisotopic (exact) mass is 243 g/mol. The van der Waals surface area contributed by atoms with Crippen LogP contribution in [0.5, 0.6) is 0 Å². The van der Waals surface area contributed by atoms with Crippen LogP contribution in [0, 0.1) is 0 Å². The second-order valence-electron chi connectivity index (χ2n) is 3.66. The fraction of sp³-hybridized carbons (Fsp3) is 0.143. The van der Waals surface area contributed by atoms with Gasteiger partial charge in [0.2, 0.25) is 0 Å². The number of carbonyl (C=O) groups is 2. The maximum atomic E-state index is 12.2. The molecule has 0 saturated carbocycles. The first-order valence-electron chi connectivity index (χ1n) is 5.68. The average molecular weight is 243 g/mol. The van der Waals surface area contributed by atoms with Crippen LogP contribution in [0.3, 0.4) is 0 Å². The van der Waals surface area contributed by atoms with Crippen molar-refractivity contribution in [1.82, 2.24) is 4.57 Å². The van der Waals surface area contributed by atoms with Gasteiger partial charge in [-0.1, -0.05) is 18.2 Å². The normalized spacial score (nSPS) is 10.1. The smallest absolute Gasteiger partial charge is 0.355 e. The standard InChI is InChI=1S/C14H13NO3/c1-2-18-14(17)12-9-6-10-15(12)13(16)11-7-4-3-5-8-11/h3-10H,2H2,1H3. The van der Waals surface area contributed by atoms with E-state index < -0.39 is 5.97 Å². The summed E-state index contributed by atoms with van der Waals surface area (Å²) in [4.78, 5) is 23.9. The highest BCUT2D eigenvalue weighted by molar-refractivity contribution is 6.01. The van der Waals surface area contributed by atoms with Gasteiger partial charge >= 0.3 is 5.97 Å². The van der Waals surface area contributed by atoms with Crippen LogP contribution >= 0.6 is 0 Å². The van der Waals surface area contributed by atoms with E-state index >= 15 is 0 Å². The zero-order valence-corrected chi connectivity index (χ0v) is 10.00. The van der Waals surface area contributed by atoms with Crippen molar-refractivity contribution in [2.45, 2.75) is 6.92 Å². The van der Waals surface area contributed by atoms with Crippen LogP contribution in [0.4, 0.5) is 0 Å². The molecule has 0 aliphatic rings. The summed E-state index contributed by atoms with van der Waals surface area (Å²) in [6.45, 7) is 2.01. The van der Waals surface area contributed by atoms with E-state index in [1.54, 1.807) is 49.5 Å². The molecule has 4 heteroatoms. The van der Waals surface area contributed by atoms with E-state index in [0.29, 0.717) is 5.56 Å². The van der Waals surface area contributed by atoms with Crippen molar-refractivity contribution in [1.29, 1.82) is 0 Å². The molecule has 0 radical (unpaired) electrons. The molecule has 1 aromatic heterocycles. The third-order valence-corrected chi connectivity index (χ3v) is 2.47. The Morgan fingerprint density at radius 1 is 1.11 bits per heavy atom. The Hall–Kier alpha value is -2.36. The van der Waals surface area contributed by atoms with Crippen molar-refractivity contribution in [3.05, 3.63) is 59.9 Å². The highest BCUT2D eigenvalue weighted by Gasteiger charge is 2.17. The van der Waals surface area contributed by atoms with Crippen LogP contribution in [0.25, 0.3) is 0 Å². The number of ether oxygens (including phenoxy) is 1. The average Bonchev–Trinajstić information content (AvgIpc) is 2.88. The molecule has 0 amide bonds. The van der Waals surface area contributed by atoms with E-state index in [1.165, 1.54) is 4.57 Å². The van der Waals surface area contributed by atoms with Gasteiger partial charge in [0.15, 0.2) is 0 Å². The Morgan fingerprint density at radius 3 is 2.50 bits per heavy atom. The Labute approximate surface area is 105 Å². The lowest BCUT2D eigenvalue weighted by Crippen LogP contribution is -2.18. The number of esters is 1. The minimum atomic E-state index is -0.494. The molecular weight excluding hydrogens is 230 g/mol. The Kier molecular flexibility index (Phi) is 3.57. The summed E-state index contributed by atoms with van der Waals surface area (Å²) in [6.07, 6.45) is 1.56. The van der Waals surface area contributed by atoms with Crippen molar-refractivity contribution in [2.75, 3.05) is 6.61 Å². The first kappa shape index (κ1) is 12.1. The van der Waals surface area contributed by atoms with E-state index in [4.69, 9.17) is 4.74 Å². The molecule has 0 aliphatic heterocycles. The van der Waals surface area contributed by atoms with Crippen LogP contribution in [0.2, 0.25) is 0 Å². The lowest BCUT2D eigenvalue weighted by atomic mass is 10.2. The van der Waals surface area contributed by atoms with Gasteiger partial charge < -0.3 is 4.74 Å². The van der Waals surface area contributed by atoms with Gasteiger partial charge in [-0.3, -0.25) is 9.36 Å². The molecule has 1 heterocycles. The zero-order chi connectivity index (χ0) is 13.0. The van der Waals surface area contributed by atoms with Gasteiger partial charge in [0.25, 0.3) is 5.91 Å². The number of nitrogens with zero attached hydrogens (tertiary/aromatic N) is 1. The van der Waals surface area contributed by atoms with Crippen molar-refractivity contribution >= 4 is 11.9 Å². The summed E-state index contributed by atoms with van der Waals surface area (Å²) < 4.78 is 6.20. The maximum Gasteiger partial charge on any atom is 0.355 e. The summed E-state index contributed by atoms with van der Waals surface area (Å²) in [6, 6.07) is 12.0. The molecule has 0 atom stereocenters. The van der Waals surface area contributed by atoms with Gasteiger partial charge in [-0.05, 0) is 31.2 Å². The third-order valence-electron chi connectivity index (χ3n) is 2.47. The van der Waals surface area contributed by atoms with E-state index in [1.807, 2.05) is 6.07 Å². The lowest BCUT2D eigenvalue weighted by Gasteiger charge is -2.07. The van der Waals surface area contributed by atoms with E-state index in [2.05, 4.69) is 0 Å². The summed E-state index contributed by atoms with van der Waals surface area (Å²) in [7, 11) is 0. The van der Waals surface area contributed by atoms with Crippen molar-refractivity contribution in [3.63, 3.8) is 0 Å². The van der Waals surface area contributed by atoms with Gasteiger partial charge in [-0.15, -0.1) is 0 Å².